The molecule has 4 aromatic rings. The summed E-state index contributed by atoms with van der Waals surface area (Å²) >= 11 is 7.63. The number of fused-ring (bicyclic) bond motifs is 1. The summed E-state index contributed by atoms with van der Waals surface area (Å²) < 4.78 is 12.2. The molecule has 0 atom stereocenters. The van der Waals surface area contributed by atoms with E-state index < -0.39 is 5.97 Å². The van der Waals surface area contributed by atoms with E-state index in [2.05, 4.69) is 11.1 Å². The molecule has 154 valence electrons. The summed E-state index contributed by atoms with van der Waals surface area (Å²) in [4.78, 5) is 16.8. The van der Waals surface area contributed by atoms with Crippen LogP contribution in [-0.2, 0) is 4.74 Å². The highest BCUT2D eigenvalue weighted by Gasteiger charge is 2.16. The monoisotopic (exact) mass is 448 g/mol. The molecule has 0 unspecified atom stereocenters. The minimum Gasteiger partial charge on any atom is -0.459 e. The predicted octanol–water partition coefficient (Wildman–Crippen LogP) is 6.84. The number of halogens is 1. The first-order chi connectivity index (χ1) is 14.9. The molecule has 0 aliphatic carbocycles. The standard InChI is InChI=1S/C24H17ClN2O3S/c1-14(2)29-24(28)18-12-15(7-9-19(18)25)21-10-8-17(30-21)11-16(13-26)23-27-20-5-3-4-6-22(20)31-23/h3-12,14H,1-2H3/b16-11+. The van der Waals surface area contributed by atoms with E-state index in [1.807, 2.05) is 24.3 Å². The first kappa shape index (κ1) is 20.9. The molecule has 0 fully saturated rings. The number of furan rings is 1. The number of rotatable bonds is 5. The quantitative estimate of drug-likeness (QED) is 0.247. The number of aromatic nitrogens is 1. The molecule has 31 heavy (non-hydrogen) atoms. The van der Waals surface area contributed by atoms with E-state index in [4.69, 9.17) is 20.8 Å². The van der Waals surface area contributed by atoms with Crippen molar-refractivity contribution >= 4 is 50.8 Å². The zero-order valence-corrected chi connectivity index (χ0v) is 18.3. The number of allylic oxidation sites excluding steroid dienone is 1. The molecule has 0 spiro atoms. The van der Waals surface area contributed by atoms with Crippen molar-refractivity contribution in [2.24, 2.45) is 0 Å². The van der Waals surface area contributed by atoms with Crippen LogP contribution in [0.4, 0.5) is 0 Å². The van der Waals surface area contributed by atoms with Crippen molar-refractivity contribution in [1.82, 2.24) is 4.98 Å². The van der Waals surface area contributed by atoms with Crippen LogP contribution in [-0.4, -0.2) is 17.1 Å². The summed E-state index contributed by atoms with van der Waals surface area (Å²) in [5.41, 5.74) is 2.22. The van der Waals surface area contributed by atoms with Gasteiger partial charge in [0.25, 0.3) is 0 Å². The number of hydrogen-bond donors (Lipinski definition) is 0. The van der Waals surface area contributed by atoms with Gasteiger partial charge in [-0.25, -0.2) is 9.78 Å². The zero-order valence-electron chi connectivity index (χ0n) is 16.8. The SMILES string of the molecule is CC(C)OC(=O)c1cc(-c2ccc(/C=C(\C#N)c3nc4ccccc4s3)o2)ccc1Cl. The number of benzene rings is 2. The molecule has 0 amide bonds. The third-order valence-electron chi connectivity index (χ3n) is 4.37. The van der Waals surface area contributed by atoms with Crippen LogP contribution < -0.4 is 0 Å². The Morgan fingerprint density at radius 3 is 2.77 bits per heavy atom. The molecule has 0 N–H and O–H groups in total. The Morgan fingerprint density at radius 1 is 1.23 bits per heavy atom. The minimum atomic E-state index is -0.490. The molecule has 5 nitrogen and oxygen atoms in total. The van der Waals surface area contributed by atoms with Crippen molar-refractivity contribution in [1.29, 1.82) is 5.26 Å². The van der Waals surface area contributed by atoms with Crippen molar-refractivity contribution in [3.05, 3.63) is 76.0 Å². The zero-order chi connectivity index (χ0) is 22.0. The minimum absolute atomic E-state index is 0.250. The molecule has 7 heteroatoms. The summed E-state index contributed by atoms with van der Waals surface area (Å²) in [5.74, 6) is 0.561. The number of carbonyl (C=O) groups excluding carboxylic acids is 1. The Kier molecular flexibility index (Phi) is 5.90. The largest absolute Gasteiger partial charge is 0.459 e. The van der Waals surface area contributed by atoms with Crippen LogP contribution in [0.5, 0.6) is 0 Å². The maximum absolute atomic E-state index is 12.3. The molecule has 0 saturated carbocycles. The molecule has 0 saturated heterocycles. The van der Waals surface area contributed by atoms with Gasteiger partial charge in [-0.05, 0) is 56.3 Å². The van der Waals surface area contributed by atoms with Crippen LogP contribution in [0, 0.1) is 11.3 Å². The van der Waals surface area contributed by atoms with Crippen molar-refractivity contribution in [3.63, 3.8) is 0 Å². The van der Waals surface area contributed by atoms with Crippen molar-refractivity contribution in [2.45, 2.75) is 20.0 Å². The van der Waals surface area contributed by atoms with Gasteiger partial charge in [-0.2, -0.15) is 5.26 Å². The number of hydrogen-bond acceptors (Lipinski definition) is 6. The molecule has 0 aliphatic rings. The Bertz CT molecular complexity index is 1310. The van der Waals surface area contributed by atoms with Gasteiger partial charge in [-0.15, -0.1) is 11.3 Å². The molecule has 0 aliphatic heterocycles. The predicted molar refractivity (Wildman–Crippen MR) is 123 cm³/mol. The van der Waals surface area contributed by atoms with Crippen LogP contribution in [0.3, 0.4) is 0 Å². The Hall–Kier alpha value is -3.40. The fraction of sp³-hybridized carbons (Fsp3) is 0.125. The van der Waals surface area contributed by atoms with Gasteiger partial charge in [0.2, 0.25) is 0 Å². The van der Waals surface area contributed by atoms with Crippen molar-refractivity contribution in [2.75, 3.05) is 0 Å². The third kappa shape index (κ3) is 4.53. The summed E-state index contributed by atoms with van der Waals surface area (Å²) in [6.07, 6.45) is 1.41. The lowest BCUT2D eigenvalue weighted by molar-refractivity contribution is 0.0378. The van der Waals surface area contributed by atoms with E-state index in [0.717, 1.165) is 10.2 Å². The number of nitriles is 1. The second-order valence-corrected chi connectivity index (χ2v) is 8.45. The summed E-state index contributed by atoms with van der Waals surface area (Å²) in [7, 11) is 0. The lowest BCUT2D eigenvalue weighted by Gasteiger charge is -2.10. The maximum Gasteiger partial charge on any atom is 0.339 e. The van der Waals surface area contributed by atoms with Crippen molar-refractivity contribution in [3.8, 4) is 17.4 Å². The number of esters is 1. The van der Waals surface area contributed by atoms with E-state index in [0.29, 0.717) is 32.7 Å². The fourth-order valence-corrected chi connectivity index (χ4v) is 4.10. The van der Waals surface area contributed by atoms with E-state index >= 15 is 0 Å². The van der Waals surface area contributed by atoms with Gasteiger partial charge in [0.15, 0.2) is 0 Å². The molecular formula is C24H17ClN2O3S. The second-order valence-electron chi connectivity index (χ2n) is 7.01. The second kappa shape index (κ2) is 8.76. The maximum atomic E-state index is 12.3. The van der Waals surface area contributed by atoms with Gasteiger partial charge < -0.3 is 9.15 Å². The van der Waals surface area contributed by atoms with E-state index in [-0.39, 0.29) is 11.7 Å². The lowest BCUT2D eigenvalue weighted by Crippen LogP contribution is -2.12. The highest BCUT2D eigenvalue weighted by molar-refractivity contribution is 7.19. The summed E-state index contributed by atoms with van der Waals surface area (Å²) in [6, 6.07) is 18.5. The highest BCUT2D eigenvalue weighted by Crippen LogP contribution is 2.31. The first-order valence-electron chi connectivity index (χ1n) is 9.53. The van der Waals surface area contributed by atoms with Gasteiger partial charge in [-0.3, -0.25) is 0 Å². The van der Waals surface area contributed by atoms with Crippen LogP contribution in [0.15, 0.2) is 59.0 Å². The van der Waals surface area contributed by atoms with Crippen LogP contribution in [0.2, 0.25) is 5.02 Å². The molecule has 2 heterocycles. The van der Waals surface area contributed by atoms with E-state index in [9.17, 15) is 10.1 Å². The van der Waals surface area contributed by atoms with Gasteiger partial charge in [0, 0.05) is 11.6 Å². The normalized spacial score (nSPS) is 11.6. The lowest BCUT2D eigenvalue weighted by atomic mass is 10.1. The van der Waals surface area contributed by atoms with Gasteiger partial charge in [0.1, 0.15) is 22.6 Å². The molecule has 2 aromatic heterocycles. The number of ether oxygens (including phenoxy) is 1. The van der Waals surface area contributed by atoms with Gasteiger partial charge in [-0.1, -0.05) is 23.7 Å². The smallest absolute Gasteiger partial charge is 0.339 e. The van der Waals surface area contributed by atoms with Gasteiger partial charge >= 0.3 is 5.97 Å². The van der Waals surface area contributed by atoms with Gasteiger partial charge in [0.05, 0.1) is 32.5 Å². The van der Waals surface area contributed by atoms with Crippen LogP contribution >= 0.6 is 22.9 Å². The van der Waals surface area contributed by atoms with E-state index in [1.165, 1.54) is 11.3 Å². The highest BCUT2D eigenvalue weighted by atomic mass is 35.5. The topological polar surface area (TPSA) is 76.1 Å². The molecule has 2 aromatic carbocycles. The number of thiazole rings is 1. The number of para-hydroxylation sites is 1. The summed E-state index contributed by atoms with van der Waals surface area (Å²) in [5, 5.41) is 10.6. The molecule has 0 bridgehead atoms. The molecule has 4 rings (SSSR count). The average Bonchev–Trinajstić information content (AvgIpc) is 3.38. The first-order valence-corrected chi connectivity index (χ1v) is 10.7. The van der Waals surface area contributed by atoms with Crippen molar-refractivity contribution < 1.29 is 13.9 Å². The fourth-order valence-electron chi connectivity index (χ4n) is 2.97. The molecular weight excluding hydrogens is 432 g/mol. The Labute approximate surface area is 188 Å². The average molecular weight is 449 g/mol. The van der Waals surface area contributed by atoms with E-state index in [1.54, 1.807) is 50.3 Å². The van der Waals surface area contributed by atoms with Crippen LogP contribution in [0.1, 0.15) is 35.0 Å². The Balaban J connectivity index is 1.64. The third-order valence-corrected chi connectivity index (χ3v) is 5.77. The number of nitrogens with zero attached hydrogens (tertiary/aromatic N) is 2. The summed E-state index contributed by atoms with van der Waals surface area (Å²) in [6.45, 7) is 3.55. The number of carbonyl (C=O) groups is 1. The van der Waals surface area contributed by atoms with Crippen LogP contribution in [0.25, 0.3) is 33.2 Å². The Morgan fingerprint density at radius 2 is 2.03 bits per heavy atom. The molecule has 0 radical (unpaired) electrons.